The molecule has 0 bridgehead atoms. The van der Waals surface area contributed by atoms with E-state index in [0.717, 1.165) is 33.4 Å². The molecular weight excluding hydrogens is 1050 g/mol. The minimum absolute atomic E-state index is 0.0463. The first-order chi connectivity index (χ1) is 40.5. The van der Waals surface area contributed by atoms with Crippen molar-refractivity contribution < 1.29 is 47.4 Å². The Bertz CT molecular complexity index is 2850. The summed E-state index contributed by atoms with van der Waals surface area (Å²) in [5.41, 5.74) is 45.0. The van der Waals surface area contributed by atoms with E-state index in [1.165, 1.54) is 0 Å². The van der Waals surface area contributed by atoms with Crippen molar-refractivity contribution in [1.29, 1.82) is 0 Å². The van der Waals surface area contributed by atoms with Gasteiger partial charge in [0.25, 0.3) is 0 Å². The van der Waals surface area contributed by atoms with Crippen LogP contribution in [0.3, 0.4) is 0 Å². The summed E-state index contributed by atoms with van der Waals surface area (Å²) in [5.74, 6) is 0. The SMILES string of the molecule is [N-]=[N+]=NC[C@H]1O[C@H](O[C@@H]2C[C@@H](N=[N+]=[N-])[C@H](O[C@@H]3O[C@H](CN=[N+]=[N-])[C@@H](OCc4ccccc4)[C@H](OCc4ccccc4)[C@H]3OCc3ccccc3)C[C@H]2N=[N+]=[N-])[C@H](OCc2ccccc2)[C@@H](OCc2ccccc2)[C@@H]1OCc1ccccc1. The molecule has 6 aromatic rings. The van der Waals surface area contributed by atoms with Crippen LogP contribution in [0.2, 0.25) is 0 Å². The Labute approximate surface area is 474 Å². The summed E-state index contributed by atoms with van der Waals surface area (Å²) in [6.07, 6.45) is -12.0. The van der Waals surface area contributed by atoms with Crippen LogP contribution in [-0.4, -0.2) is 98.8 Å². The molecule has 0 radical (unpaired) electrons. The van der Waals surface area contributed by atoms with Gasteiger partial charge in [0.15, 0.2) is 12.6 Å². The molecule has 3 fully saturated rings. The average molecular weight is 1110 g/mol. The highest BCUT2D eigenvalue weighted by Crippen LogP contribution is 2.39. The van der Waals surface area contributed by atoms with Gasteiger partial charge in [0.05, 0.1) is 89.2 Å². The summed E-state index contributed by atoms with van der Waals surface area (Å²) in [7, 11) is 0. The molecule has 9 rings (SSSR count). The Morgan fingerprint density at radius 3 is 0.854 bits per heavy atom. The number of benzene rings is 6. The van der Waals surface area contributed by atoms with Crippen LogP contribution < -0.4 is 0 Å². The molecule has 2 heterocycles. The third kappa shape index (κ3) is 16.6. The lowest BCUT2D eigenvalue weighted by atomic mass is 9.86. The van der Waals surface area contributed by atoms with Crippen molar-refractivity contribution in [3.63, 3.8) is 0 Å². The van der Waals surface area contributed by atoms with Crippen molar-refractivity contribution in [2.75, 3.05) is 13.1 Å². The Kier molecular flexibility index (Phi) is 22.5. The Balaban J connectivity index is 1.04. The predicted octanol–water partition coefficient (Wildman–Crippen LogP) is 12.5. The van der Waals surface area contributed by atoms with E-state index in [0.29, 0.717) is 0 Å². The van der Waals surface area contributed by atoms with Gasteiger partial charge in [-0.2, -0.15) is 0 Å². The molecule has 0 unspecified atom stereocenters. The minimum atomic E-state index is -1.26. The van der Waals surface area contributed by atoms with E-state index in [-0.39, 0.29) is 65.6 Å². The first kappa shape index (κ1) is 58.8. The lowest BCUT2D eigenvalue weighted by Crippen LogP contribution is -2.63. The van der Waals surface area contributed by atoms with E-state index in [4.69, 9.17) is 47.4 Å². The third-order valence-corrected chi connectivity index (χ3v) is 14.4. The summed E-state index contributed by atoms with van der Waals surface area (Å²) in [5, 5.41) is 16.4. The number of nitrogens with zero attached hydrogens (tertiary/aromatic N) is 12. The van der Waals surface area contributed by atoms with Crippen LogP contribution in [0.4, 0.5) is 0 Å². The van der Waals surface area contributed by atoms with Crippen molar-refractivity contribution in [3.05, 3.63) is 257 Å². The molecule has 0 N–H and O–H groups in total. The number of azide groups is 4. The van der Waals surface area contributed by atoms with E-state index < -0.39 is 85.7 Å². The van der Waals surface area contributed by atoms with E-state index in [1.54, 1.807) is 0 Å². The number of hydrogen-bond acceptors (Lipinski definition) is 14. The lowest BCUT2D eigenvalue weighted by molar-refractivity contribution is -0.340. The maximum Gasteiger partial charge on any atom is 0.187 e. The predicted molar refractivity (Wildman–Crippen MR) is 300 cm³/mol. The van der Waals surface area contributed by atoms with Crippen LogP contribution in [0.5, 0.6) is 0 Å². The van der Waals surface area contributed by atoms with E-state index in [1.807, 2.05) is 182 Å². The summed E-state index contributed by atoms with van der Waals surface area (Å²) < 4.78 is 68.3. The molecule has 14 atom stereocenters. The van der Waals surface area contributed by atoms with Gasteiger partial charge in [-0.3, -0.25) is 0 Å². The second kappa shape index (κ2) is 31.4. The van der Waals surface area contributed by atoms with Crippen LogP contribution in [-0.2, 0) is 87.0 Å². The maximum atomic E-state index is 10.2. The fourth-order valence-corrected chi connectivity index (χ4v) is 10.3. The Morgan fingerprint density at radius 1 is 0.341 bits per heavy atom. The summed E-state index contributed by atoms with van der Waals surface area (Å²) in [4.78, 5) is 12.7. The van der Waals surface area contributed by atoms with E-state index >= 15 is 0 Å². The first-order valence-corrected chi connectivity index (χ1v) is 27.1. The van der Waals surface area contributed by atoms with Gasteiger partial charge in [-0.05, 0) is 68.3 Å². The van der Waals surface area contributed by atoms with Gasteiger partial charge in [0.1, 0.15) is 36.6 Å². The number of hydrogen-bond donors (Lipinski definition) is 0. The highest BCUT2D eigenvalue weighted by atomic mass is 16.7. The van der Waals surface area contributed by atoms with Gasteiger partial charge in [0.2, 0.25) is 0 Å². The third-order valence-electron chi connectivity index (χ3n) is 14.4. The van der Waals surface area contributed by atoms with Gasteiger partial charge < -0.3 is 47.4 Å². The number of rotatable bonds is 28. The van der Waals surface area contributed by atoms with Gasteiger partial charge in [0, 0.05) is 19.6 Å². The van der Waals surface area contributed by atoms with Crippen molar-refractivity contribution >= 4 is 0 Å². The second-order valence-corrected chi connectivity index (χ2v) is 19.8. The standard InChI is InChI=1S/C60H64N12O10/c61-69-65-33-51-53(73-35-41-19-7-1-8-20-41)55(75-37-43-23-11-3-12-24-43)57(77-39-45-27-15-5-16-28-45)59(81-51)79-49-31-48(68-72-64)50(32-47(49)67-71-63)80-60-58(78-40-46-29-17-6-18-30-46)56(76-38-44-25-13-4-14-26-44)54(52(82-60)34-66-70-62)74-36-42-21-9-2-10-22-42/h1-30,47-60H,31-40H2/t47-,48-,49-,50-,51-,52-,53-,54-,55+,56+,57-,58-,59-,60+/m1/s1. The Hall–Kier alpha value is -7.84. The van der Waals surface area contributed by atoms with Crippen molar-refractivity contribution in [2.24, 2.45) is 20.5 Å². The molecule has 3 aliphatic rings. The van der Waals surface area contributed by atoms with Crippen LogP contribution in [0.25, 0.3) is 41.8 Å². The topological polar surface area (TPSA) is 287 Å². The van der Waals surface area contributed by atoms with Gasteiger partial charge in [-0.1, -0.05) is 202 Å². The molecule has 1 saturated carbocycles. The Morgan fingerprint density at radius 2 is 0.598 bits per heavy atom. The highest BCUT2D eigenvalue weighted by molar-refractivity contribution is 5.19. The smallest absolute Gasteiger partial charge is 0.187 e. The molecule has 82 heavy (non-hydrogen) atoms. The number of ether oxygens (including phenoxy) is 10. The molecule has 0 spiro atoms. The minimum Gasteiger partial charge on any atom is -0.368 e. The zero-order chi connectivity index (χ0) is 56.6. The largest absolute Gasteiger partial charge is 0.368 e. The fraction of sp³-hybridized carbons (Fsp3) is 0.400. The van der Waals surface area contributed by atoms with E-state index in [9.17, 15) is 22.1 Å². The van der Waals surface area contributed by atoms with Crippen molar-refractivity contribution in [2.45, 2.75) is 138 Å². The van der Waals surface area contributed by atoms with Crippen LogP contribution in [0.1, 0.15) is 46.2 Å². The zero-order valence-corrected chi connectivity index (χ0v) is 44.9. The average Bonchev–Trinajstić information content (AvgIpc) is 3.54. The summed E-state index contributed by atoms with van der Waals surface area (Å²) in [6.45, 7) is 0.499. The molecule has 0 amide bonds. The van der Waals surface area contributed by atoms with Crippen LogP contribution in [0, 0.1) is 0 Å². The molecule has 0 aromatic heterocycles. The lowest BCUT2D eigenvalue weighted by Gasteiger charge is -2.49. The molecule has 2 saturated heterocycles. The van der Waals surface area contributed by atoms with Crippen LogP contribution >= 0.6 is 0 Å². The normalized spacial score (nSPS) is 26.9. The monoisotopic (exact) mass is 1110 g/mol. The molecule has 424 valence electrons. The maximum absolute atomic E-state index is 10.2. The molecular formula is C60H64N12O10. The first-order valence-electron chi connectivity index (χ1n) is 27.1. The summed E-state index contributed by atoms with van der Waals surface area (Å²) in [6, 6.07) is 55.7. The second-order valence-electron chi connectivity index (χ2n) is 19.8. The van der Waals surface area contributed by atoms with Gasteiger partial charge in [-0.25, -0.2) is 0 Å². The van der Waals surface area contributed by atoms with Gasteiger partial charge in [-0.15, -0.1) is 0 Å². The van der Waals surface area contributed by atoms with Crippen LogP contribution in [0.15, 0.2) is 202 Å². The quantitative estimate of drug-likeness (QED) is 0.0254. The van der Waals surface area contributed by atoms with E-state index in [2.05, 4.69) is 40.1 Å². The fourth-order valence-electron chi connectivity index (χ4n) is 10.3. The summed E-state index contributed by atoms with van der Waals surface area (Å²) >= 11 is 0. The molecule has 6 aromatic carbocycles. The molecule has 1 aliphatic carbocycles. The van der Waals surface area contributed by atoms with Crippen molar-refractivity contribution in [3.8, 4) is 0 Å². The molecule has 22 heteroatoms. The highest BCUT2D eigenvalue weighted by Gasteiger charge is 2.53. The zero-order valence-electron chi connectivity index (χ0n) is 44.9. The van der Waals surface area contributed by atoms with Gasteiger partial charge >= 0.3 is 0 Å². The molecule has 2 aliphatic heterocycles. The van der Waals surface area contributed by atoms with Crippen molar-refractivity contribution in [1.82, 2.24) is 0 Å². The molecule has 22 nitrogen and oxygen atoms in total.